The van der Waals surface area contributed by atoms with Crippen molar-refractivity contribution in [3.05, 3.63) is 120 Å². The SMILES string of the molecule is CC(C)(C)c1ccnc(-n2c3[c-]c4c(cc3c3ccccc32)Oc2cc(C(C)(C)C)cc3c2B4c2[c-]c(-c4nc5ccccc5s4)ccc2O3)c1.[Pt+2]. The van der Waals surface area contributed by atoms with Crippen molar-refractivity contribution in [2.75, 3.05) is 0 Å². The molecule has 5 aromatic carbocycles. The Morgan fingerprint density at radius 1 is 0.692 bits per heavy atom. The number of aromatic nitrogens is 3. The van der Waals surface area contributed by atoms with Crippen LogP contribution in [0.3, 0.4) is 0 Å². The van der Waals surface area contributed by atoms with Crippen LogP contribution < -0.4 is 25.9 Å². The van der Waals surface area contributed by atoms with E-state index in [4.69, 9.17) is 19.4 Å². The average Bonchev–Trinajstić information content (AvgIpc) is 3.69. The Morgan fingerprint density at radius 3 is 2.17 bits per heavy atom. The van der Waals surface area contributed by atoms with Crippen LogP contribution in [0.1, 0.15) is 52.7 Å². The van der Waals surface area contributed by atoms with Crippen LogP contribution in [0.15, 0.2) is 97.2 Å². The van der Waals surface area contributed by atoms with Crippen LogP contribution in [0.25, 0.3) is 48.4 Å². The molecule has 0 radical (unpaired) electrons. The van der Waals surface area contributed by atoms with Crippen LogP contribution in [-0.2, 0) is 31.9 Å². The van der Waals surface area contributed by atoms with Gasteiger partial charge in [0.1, 0.15) is 17.3 Å². The summed E-state index contributed by atoms with van der Waals surface area (Å²) in [4.78, 5) is 9.90. The van der Waals surface area contributed by atoms with Crippen LogP contribution >= 0.6 is 11.3 Å². The topological polar surface area (TPSA) is 49.2 Å². The van der Waals surface area contributed by atoms with E-state index in [1.54, 1.807) is 11.3 Å². The minimum atomic E-state index is -0.212. The van der Waals surface area contributed by atoms with Gasteiger partial charge in [-0.25, -0.2) is 4.98 Å². The van der Waals surface area contributed by atoms with E-state index in [2.05, 4.69) is 143 Å². The van der Waals surface area contributed by atoms with Gasteiger partial charge >= 0.3 is 21.1 Å². The predicted molar refractivity (Wildman–Crippen MR) is 210 cm³/mol. The number of ether oxygens (including phenoxy) is 2. The van der Waals surface area contributed by atoms with Crippen LogP contribution in [0.5, 0.6) is 23.0 Å². The second-order valence-corrected chi connectivity index (χ2v) is 16.8. The normalized spacial score (nSPS) is 13.3. The van der Waals surface area contributed by atoms with Gasteiger partial charge in [0.15, 0.2) is 0 Å². The number of para-hydroxylation sites is 2. The van der Waals surface area contributed by atoms with Crippen molar-refractivity contribution in [3.8, 4) is 39.4 Å². The van der Waals surface area contributed by atoms with Gasteiger partial charge in [0, 0.05) is 38.4 Å². The van der Waals surface area contributed by atoms with Gasteiger partial charge in [-0.2, -0.15) is 17.4 Å². The van der Waals surface area contributed by atoms with E-state index in [1.807, 2.05) is 12.3 Å². The van der Waals surface area contributed by atoms with Crippen molar-refractivity contribution in [1.29, 1.82) is 0 Å². The molecule has 10 rings (SSSR count). The fourth-order valence-electron chi connectivity index (χ4n) is 7.55. The first kappa shape index (κ1) is 33.2. The van der Waals surface area contributed by atoms with Crippen molar-refractivity contribution >= 4 is 66.5 Å². The Morgan fingerprint density at radius 2 is 1.40 bits per heavy atom. The number of fused-ring (bicyclic) bond motifs is 8. The maximum absolute atomic E-state index is 6.91. The molecule has 8 heteroatoms. The zero-order valence-electron chi connectivity index (χ0n) is 29.7. The Balaban J connectivity index is 0.00000360. The standard InChI is InChI=1S/C44H34BN3O2S.Pt/c1-43(2,3)26-17-18-46-40(22-26)48-33-13-9-7-11-28(33)29-23-36-31(24-34(29)48)45-30-19-25(42-47-32-12-8-10-14-39(32)51-42)15-16-35(30)49-37-20-27(44(4,5)6)21-38(50-36)41(37)45;/h7-18,20-23H,1-6H3;/q-2;+2. The summed E-state index contributed by atoms with van der Waals surface area (Å²) < 4.78 is 17.1. The molecular formula is C44H34BN3O2PtS. The summed E-state index contributed by atoms with van der Waals surface area (Å²) in [5.41, 5.74) is 9.15. The Bertz CT molecular complexity index is 2720. The third-order valence-electron chi connectivity index (χ3n) is 10.3. The van der Waals surface area contributed by atoms with Crippen molar-refractivity contribution < 1.29 is 30.5 Å². The summed E-state index contributed by atoms with van der Waals surface area (Å²) in [5.74, 6) is 4.08. The molecule has 3 aromatic heterocycles. The maximum atomic E-state index is 6.91. The van der Waals surface area contributed by atoms with E-state index in [-0.39, 0.29) is 38.6 Å². The number of rotatable bonds is 2. The average molecular weight is 875 g/mol. The van der Waals surface area contributed by atoms with Crippen molar-refractivity contribution in [3.63, 3.8) is 0 Å². The van der Waals surface area contributed by atoms with Gasteiger partial charge in [-0.3, -0.25) is 4.98 Å². The van der Waals surface area contributed by atoms with Crippen molar-refractivity contribution in [2.24, 2.45) is 0 Å². The van der Waals surface area contributed by atoms with Gasteiger partial charge in [0.05, 0.1) is 5.52 Å². The van der Waals surface area contributed by atoms with Gasteiger partial charge in [0.25, 0.3) is 0 Å². The number of nitrogens with zero attached hydrogens (tertiary/aromatic N) is 3. The predicted octanol–water partition coefficient (Wildman–Crippen LogP) is 9.38. The quantitative estimate of drug-likeness (QED) is 0.128. The fourth-order valence-corrected chi connectivity index (χ4v) is 8.49. The van der Waals surface area contributed by atoms with E-state index >= 15 is 0 Å². The summed E-state index contributed by atoms with van der Waals surface area (Å²) in [7, 11) is 0. The number of benzene rings is 5. The molecule has 5 heterocycles. The largest absolute Gasteiger partial charge is 2.00 e. The third kappa shape index (κ3) is 5.08. The minimum Gasteiger partial charge on any atom is -0.518 e. The number of hydrogen-bond donors (Lipinski definition) is 0. The number of thiazole rings is 1. The first-order chi connectivity index (χ1) is 24.5. The Labute approximate surface area is 322 Å². The van der Waals surface area contributed by atoms with Gasteiger partial charge in [-0.15, -0.1) is 40.8 Å². The first-order valence-electron chi connectivity index (χ1n) is 17.4. The summed E-state index contributed by atoms with van der Waals surface area (Å²) >= 11 is 1.68. The monoisotopic (exact) mass is 874 g/mol. The number of hydrogen-bond acceptors (Lipinski definition) is 5. The molecule has 0 N–H and O–H groups in total. The first-order valence-corrected chi connectivity index (χ1v) is 18.3. The second-order valence-electron chi connectivity index (χ2n) is 15.7. The van der Waals surface area contributed by atoms with Crippen molar-refractivity contribution in [1.82, 2.24) is 14.5 Å². The smallest absolute Gasteiger partial charge is 0.518 e. The second kappa shape index (κ2) is 11.6. The molecule has 0 saturated carbocycles. The zero-order chi connectivity index (χ0) is 34.8. The summed E-state index contributed by atoms with van der Waals surface area (Å²) in [6.07, 6.45) is 1.92. The molecule has 256 valence electrons. The minimum absolute atomic E-state index is 0. The van der Waals surface area contributed by atoms with Gasteiger partial charge in [0.2, 0.25) is 6.71 Å². The molecule has 5 nitrogen and oxygen atoms in total. The van der Waals surface area contributed by atoms with E-state index < -0.39 is 0 Å². The van der Waals surface area contributed by atoms with Crippen LogP contribution in [0.2, 0.25) is 0 Å². The van der Waals surface area contributed by atoms with E-state index in [0.29, 0.717) is 0 Å². The fraction of sp³-hybridized carbons (Fsp3) is 0.182. The van der Waals surface area contributed by atoms with E-state index in [9.17, 15) is 0 Å². The Kier molecular flexibility index (Phi) is 7.43. The van der Waals surface area contributed by atoms with Crippen LogP contribution in [0, 0.1) is 12.1 Å². The molecule has 2 aliphatic heterocycles. The molecule has 8 aromatic rings. The van der Waals surface area contributed by atoms with Crippen LogP contribution in [-0.4, -0.2) is 21.2 Å². The van der Waals surface area contributed by atoms with Gasteiger partial charge in [-0.05, 0) is 69.8 Å². The molecule has 0 saturated heterocycles. The molecule has 0 spiro atoms. The van der Waals surface area contributed by atoms with Crippen LogP contribution in [0.4, 0.5) is 0 Å². The van der Waals surface area contributed by atoms with Gasteiger partial charge < -0.3 is 14.0 Å². The third-order valence-corrected chi connectivity index (χ3v) is 11.4. The molecule has 0 amide bonds. The molecule has 0 fully saturated rings. The molecule has 0 unspecified atom stereocenters. The molecular weight excluding hydrogens is 840 g/mol. The van der Waals surface area contributed by atoms with E-state index in [0.717, 1.165) is 93.4 Å². The molecule has 0 atom stereocenters. The summed E-state index contributed by atoms with van der Waals surface area (Å²) in [6.45, 7) is 13.2. The molecule has 0 aliphatic carbocycles. The number of pyridine rings is 1. The molecule has 0 bridgehead atoms. The molecule has 52 heavy (non-hydrogen) atoms. The van der Waals surface area contributed by atoms with Gasteiger partial charge in [-0.1, -0.05) is 82.8 Å². The Hall–Kier alpha value is -4.71. The summed E-state index contributed by atoms with van der Waals surface area (Å²) in [5, 5.41) is 3.14. The maximum Gasteiger partial charge on any atom is 2.00 e. The van der Waals surface area contributed by atoms with E-state index in [1.165, 1.54) is 5.56 Å². The summed E-state index contributed by atoms with van der Waals surface area (Å²) in [6, 6.07) is 39.6. The van der Waals surface area contributed by atoms with Crippen molar-refractivity contribution in [2.45, 2.75) is 52.4 Å². The molecule has 2 aliphatic rings. The zero-order valence-corrected chi connectivity index (χ0v) is 32.8.